The van der Waals surface area contributed by atoms with Crippen LogP contribution in [0, 0.1) is 0 Å². The van der Waals surface area contributed by atoms with Gasteiger partial charge in [0.05, 0.1) is 0 Å². The summed E-state index contributed by atoms with van der Waals surface area (Å²) in [5.41, 5.74) is 0. The second-order valence-corrected chi connectivity index (χ2v) is 0. The van der Waals surface area contributed by atoms with E-state index >= 15 is 0 Å². The van der Waals surface area contributed by atoms with E-state index in [0.717, 1.165) is 0 Å². The van der Waals surface area contributed by atoms with E-state index in [1.165, 1.54) is 0 Å². The van der Waals surface area contributed by atoms with E-state index in [1.807, 2.05) is 0 Å². The molecule has 0 aromatic carbocycles. The van der Waals surface area contributed by atoms with Gasteiger partial charge in [0.15, 0.2) is 0 Å². The molecule has 1 radical (unpaired) electrons. The molecule has 0 rings (SSSR count). The van der Waals surface area contributed by atoms with Crippen molar-refractivity contribution in [1.82, 2.24) is 0 Å². The van der Waals surface area contributed by atoms with E-state index in [9.17, 15) is 0 Å². The average molecular weight is 410 g/mol. The Morgan fingerprint density at radius 1 is 0.300 bits per heavy atom. The predicted molar refractivity (Wildman–Crippen MR) is 43.4 cm³/mol. The van der Waals surface area contributed by atoms with Crippen LogP contribution in [0.3, 0.4) is 0 Å². The molecular formula is H15Cl3IrO6. The minimum atomic E-state index is 0. The molecule has 0 spiro atoms. The Kier molecular flexibility index (Phi) is 39400. The third-order valence-corrected chi connectivity index (χ3v) is 0. The second kappa shape index (κ2) is 541. The summed E-state index contributed by atoms with van der Waals surface area (Å²) in [6, 6.07) is 0. The quantitative estimate of drug-likeness (QED) is 0.381. The summed E-state index contributed by atoms with van der Waals surface area (Å²) in [4.78, 5) is 0. The Balaban J connectivity index is 0. The van der Waals surface area contributed by atoms with Crippen LogP contribution in [0.2, 0.25) is 0 Å². The maximum absolute atomic E-state index is 0. The van der Waals surface area contributed by atoms with Crippen molar-refractivity contribution in [3.8, 4) is 0 Å². The molecule has 81 valence electrons. The Labute approximate surface area is 90.2 Å². The van der Waals surface area contributed by atoms with E-state index in [0.29, 0.717) is 0 Å². The van der Waals surface area contributed by atoms with Gasteiger partial charge in [-0.15, -0.1) is 37.2 Å². The minimum Gasteiger partial charge on any atom is -0.412 e. The topological polar surface area (TPSA) is 189 Å². The molecule has 0 saturated heterocycles. The van der Waals surface area contributed by atoms with Gasteiger partial charge in [-0.2, -0.15) is 0 Å². The van der Waals surface area contributed by atoms with Crippen LogP contribution in [-0.4, -0.2) is 32.9 Å². The summed E-state index contributed by atoms with van der Waals surface area (Å²) in [7, 11) is 0. The molecule has 0 saturated carbocycles. The molecule has 12 N–H and O–H groups in total. The van der Waals surface area contributed by atoms with Crippen LogP contribution in [-0.2, 0) is 20.1 Å². The van der Waals surface area contributed by atoms with Crippen molar-refractivity contribution in [3.05, 3.63) is 0 Å². The summed E-state index contributed by atoms with van der Waals surface area (Å²) in [5.74, 6) is 0. The van der Waals surface area contributed by atoms with Gasteiger partial charge in [-0.25, -0.2) is 0 Å². The Bertz CT molecular complexity index is 13.0. The van der Waals surface area contributed by atoms with E-state index in [1.54, 1.807) is 0 Å². The predicted octanol–water partition coefficient (Wildman–Crippen LogP) is -3.69. The third-order valence-electron chi connectivity index (χ3n) is 0. The number of rotatable bonds is 0. The molecule has 0 aliphatic carbocycles. The molecule has 0 aromatic heterocycles. The van der Waals surface area contributed by atoms with Crippen molar-refractivity contribution in [2.24, 2.45) is 0 Å². The fourth-order valence-corrected chi connectivity index (χ4v) is 0. The molecule has 0 amide bonds. The first-order valence-corrected chi connectivity index (χ1v) is 0. The molecule has 10 heavy (non-hydrogen) atoms. The van der Waals surface area contributed by atoms with E-state index in [-0.39, 0.29) is 90.2 Å². The normalized spacial score (nSPS) is 0. The van der Waals surface area contributed by atoms with Crippen LogP contribution < -0.4 is 0 Å². The van der Waals surface area contributed by atoms with Gasteiger partial charge in [-0.3, -0.25) is 0 Å². The van der Waals surface area contributed by atoms with Crippen molar-refractivity contribution in [2.75, 3.05) is 0 Å². The van der Waals surface area contributed by atoms with Crippen molar-refractivity contribution >= 4 is 37.2 Å². The zero-order valence-corrected chi connectivity index (χ0v) is 9.40. The molecule has 0 unspecified atom stereocenters. The van der Waals surface area contributed by atoms with Crippen LogP contribution in [0.4, 0.5) is 0 Å². The van der Waals surface area contributed by atoms with Gasteiger partial charge in [-0.1, -0.05) is 0 Å². The van der Waals surface area contributed by atoms with Crippen molar-refractivity contribution in [3.63, 3.8) is 0 Å². The number of hydrogen-bond donors (Lipinski definition) is 0. The molecule has 0 bridgehead atoms. The van der Waals surface area contributed by atoms with Gasteiger partial charge in [-0.05, 0) is 0 Å². The first-order chi connectivity index (χ1) is 0. The first-order valence-electron chi connectivity index (χ1n) is 0. The second-order valence-electron chi connectivity index (χ2n) is 0. The average Bonchev–Trinajstić information content (AvgIpc) is 0. The Morgan fingerprint density at radius 3 is 0.300 bits per heavy atom. The van der Waals surface area contributed by atoms with Gasteiger partial charge < -0.3 is 32.9 Å². The third kappa shape index (κ3) is 389. The molecule has 0 aliphatic rings. The number of hydrogen-bond acceptors (Lipinski definition) is 0. The maximum Gasteiger partial charge on any atom is 0 e. The standard InChI is InChI=1S/3ClH.Ir.6H2O/h3*1H;;6*1H2. The van der Waals surface area contributed by atoms with Crippen LogP contribution in [0.25, 0.3) is 0 Å². The summed E-state index contributed by atoms with van der Waals surface area (Å²) >= 11 is 0. The molecule has 10 heteroatoms. The fraction of sp³-hybridized carbons (Fsp3) is 0. The van der Waals surface area contributed by atoms with E-state index in [4.69, 9.17) is 0 Å². The van der Waals surface area contributed by atoms with Gasteiger partial charge >= 0.3 is 0 Å². The first kappa shape index (κ1) is 728. The molecule has 0 atom stereocenters. The maximum atomic E-state index is 0. The summed E-state index contributed by atoms with van der Waals surface area (Å²) in [6.07, 6.45) is 0. The van der Waals surface area contributed by atoms with Gasteiger partial charge in [0.1, 0.15) is 0 Å². The van der Waals surface area contributed by atoms with Crippen LogP contribution in [0.1, 0.15) is 0 Å². The monoisotopic (exact) mass is 409 g/mol. The Hall–Kier alpha value is 1.28. The van der Waals surface area contributed by atoms with Gasteiger partial charge in [0.25, 0.3) is 0 Å². The van der Waals surface area contributed by atoms with E-state index < -0.39 is 0 Å². The minimum absolute atomic E-state index is 0. The molecule has 0 fully saturated rings. The van der Waals surface area contributed by atoms with Gasteiger partial charge in [0, 0.05) is 20.1 Å². The molecule has 0 aromatic rings. The molecule has 0 heterocycles. The van der Waals surface area contributed by atoms with Crippen LogP contribution in [0.5, 0.6) is 0 Å². The van der Waals surface area contributed by atoms with Crippen molar-refractivity contribution in [1.29, 1.82) is 0 Å². The summed E-state index contributed by atoms with van der Waals surface area (Å²) < 4.78 is 0. The molecular weight excluding hydrogens is 395 g/mol. The van der Waals surface area contributed by atoms with Gasteiger partial charge in [0.2, 0.25) is 0 Å². The zero-order chi connectivity index (χ0) is 0. The van der Waals surface area contributed by atoms with Crippen LogP contribution in [0.15, 0.2) is 0 Å². The smallest absolute Gasteiger partial charge is 0 e. The fourth-order valence-electron chi connectivity index (χ4n) is 0. The largest absolute Gasteiger partial charge is 0.412 e. The van der Waals surface area contributed by atoms with E-state index in [2.05, 4.69) is 0 Å². The summed E-state index contributed by atoms with van der Waals surface area (Å²) in [6.45, 7) is 0. The zero-order valence-electron chi connectivity index (χ0n) is 4.56. The SMILES string of the molecule is Cl.Cl.Cl.O.O.O.O.O.O.[Ir]. The molecule has 6 nitrogen and oxygen atoms in total. The summed E-state index contributed by atoms with van der Waals surface area (Å²) in [5, 5.41) is 0. The van der Waals surface area contributed by atoms with Crippen molar-refractivity contribution < 1.29 is 53.0 Å². The number of halogens is 3. The Morgan fingerprint density at radius 2 is 0.300 bits per heavy atom. The van der Waals surface area contributed by atoms with Crippen molar-refractivity contribution in [2.45, 2.75) is 0 Å². The molecule has 0 aliphatic heterocycles. The van der Waals surface area contributed by atoms with Crippen LogP contribution >= 0.6 is 37.2 Å².